The quantitative estimate of drug-likeness (QED) is 0.848. The second-order valence-electron chi connectivity index (χ2n) is 7.47. The van der Waals surface area contributed by atoms with Crippen LogP contribution < -0.4 is 5.32 Å². The Morgan fingerprint density at radius 1 is 1.26 bits per heavy atom. The van der Waals surface area contributed by atoms with E-state index < -0.39 is 0 Å². The molecule has 0 aromatic rings. The number of ether oxygens (including phenoxy) is 1. The summed E-state index contributed by atoms with van der Waals surface area (Å²) in [6.07, 6.45) is 5.02. The molecule has 1 N–H and O–H groups in total. The van der Waals surface area contributed by atoms with Crippen LogP contribution in [0, 0.1) is 0 Å². The third kappa shape index (κ3) is 3.71. The highest BCUT2D eigenvalue weighted by Crippen LogP contribution is 2.40. The smallest absolute Gasteiger partial charge is 0.0789 e. The van der Waals surface area contributed by atoms with E-state index in [0.29, 0.717) is 12.1 Å². The third-order valence-corrected chi connectivity index (χ3v) is 4.60. The molecule has 0 bridgehead atoms. The Labute approximate surface area is 119 Å². The van der Waals surface area contributed by atoms with E-state index in [1.54, 1.807) is 0 Å². The van der Waals surface area contributed by atoms with Gasteiger partial charge in [0.2, 0.25) is 0 Å². The zero-order valence-electron chi connectivity index (χ0n) is 13.5. The summed E-state index contributed by atoms with van der Waals surface area (Å²) >= 11 is 0. The molecule has 0 aromatic heterocycles. The molecule has 0 spiro atoms. The molecular formula is C16H32N2O. The summed E-state index contributed by atoms with van der Waals surface area (Å²) in [6, 6.07) is 1.24. The SMILES string of the molecule is CCCNC1CCCN(C2CC(C)(C)OC2(C)C)C1. The van der Waals surface area contributed by atoms with Crippen molar-refractivity contribution in [3.8, 4) is 0 Å². The maximum Gasteiger partial charge on any atom is 0.0789 e. The number of likely N-dealkylation sites (tertiary alicyclic amines) is 1. The molecule has 0 radical (unpaired) electrons. The van der Waals surface area contributed by atoms with E-state index in [1.807, 2.05) is 0 Å². The first-order valence-electron chi connectivity index (χ1n) is 8.02. The number of hydrogen-bond acceptors (Lipinski definition) is 3. The fourth-order valence-corrected chi connectivity index (χ4v) is 3.91. The molecule has 3 nitrogen and oxygen atoms in total. The van der Waals surface area contributed by atoms with E-state index in [9.17, 15) is 0 Å². The summed E-state index contributed by atoms with van der Waals surface area (Å²) in [5, 5.41) is 3.69. The first kappa shape index (κ1) is 15.3. The highest BCUT2D eigenvalue weighted by molar-refractivity contribution is 5.01. The third-order valence-electron chi connectivity index (χ3n) is 4.60. The number of rotatable bonds is 4. The molecule has 2 unspecified atom stereocenters. The average Bonchev–Trinajstić information content (AvgIpc) is 2.55. The van der Waals surface area contributed by atoms with Gasteiger partial charge in [0.05, 0.1) is 11.2 Å². The molecule has 0 saturated carbocycles. The van der Waals surface area contributed by atoms with Gasteiger partial charge in [-0.1, -0.05) is 6.92 Å². The normalized spacial score (nSPS) is 34.6. The molecule has 2 rings (SSSR count). The summed E-state index contributed by atoms with van der Waals surface area (Å²) < 4.78 is 6.26. The first-order chi connectivity index (χ1) is 8.84. The van der Waals surface area contributed by atoms with Crippen LogP contribution in [-0.4, -0.2) is 47.8 Å². The molecule has 3 heteroatoms. The van der Waals surface area contributed by atoms with Crippen molar-refractivity contribution in [3.63, 3.8) is 0 Å². The number of piperidine rings is 1. The fraction of sp³-hybridized carbons (Fsp3) is 1.00. The molecule has 2 saturated heterocycles. The van der Waals surface area contributed by atoms with Crippen LogP contribution >= 0.6 is 0 Å². The summed E-state index contributed by atoms with van der Waals surface area (Å²) in [7, 11) is 0. The van der Waals surface area contributed by atoms with E-state index in [0.717, 1.165) is 13.0 Å². The van der Waals surface area contributed by atoms with E-state index in [2.05, 4.69) is 44.8 Å². The van der Waals surface area contributed by atoms with Crippen molar-refractivity contribution in [1.82, 2.24) is 10.2 Å². The maximum atomic E-state index is 6.26. The standard InChI is InChI=1S/C16H32N2O/c1-6-9-17-13-8-7-10-18(12-13)14-11-15(2,3)19-16(14,4)5/h13-14,17H,6-12H2,1-5H3. The Bertz CT molecular complexity index is 301. The molecule has 0 aromatic carbocycles. The fourth-order valence-electron chi connectivity index (χ4n) is 3.91. The minimum Gasteiger partial charge on any atom is -0.368 e. The van der Waals surface area contributed by atoms with Crippen molar-refractivity contribution < 1.29 is 4.74 Å². The van der Waals surface area contributed by atoms with Crippen LogP contribution in [0.2, 0.25) is 0 Å². The van der Waals surface area contributed by atoms with Crippen molar-refractivity contribution in [2.45, 2.75) is 83.6 Å². The van der Waals surface area contributed by atoms with Crippen LogP contribution in [0.15, 0.2) is 0 Å². The number of nitrogens with one attached hydrogen (secondary N) is 1. The van der Waals surface area contributed by atoms with Gasteiger partial charge in [0, 0.05) is 18.6 Å². The van der Waals surface area contributed by atoms with Gasteiger partial charge in [0.1, 0.15) is 0 Å². The maximum absolute atomic E-state index is 6.26. The highest BCUT2D eigenvalue weighted by Gasteiger charge is 2.48. The van der Waals surface area contributed by atoms with E-state index >= 15 is 0 Å². The van der Waals surface area contributed by atoms with Gasteiger partial charge in [0.25, 0.3) is 0 Å². The summed E-state index contributed by atoms with van der Waals surface area (Å²) in [4.78, 5) is 2.67. The summed E-state index contributed by atoms with van der Waals surface area (Å²) in [5.74, 6) is 0. The van der Waals surface area contributed by atoms with Crippen LogP contribution in [0.25, 0.3) is 0 Å². The van der Waals surface area contributed by atoms with Crippen LogP contribution in [-0.2, 0) is 4.74 Å². The lowest BCUT2D eigenvalue weighted by Gasteiger charge is -2.41. The predicted octanol–water partition coefficient (Wildman–Crippen LogP) is 2.80. The molecule has 2 fully saturated rings. The predicted molar refractivity (Wildman–Crippen MR) is 80.5 cm³/mol. The Morgan fingerprint density at radius 3 is 2.58 bits per heavy atom. The Kier molecular flexibility index (Phi) is 4.59. The Morgan fingerprint density at radius 2 is 2.00 bits per heavy atom. The van der Waals surface area contributed by atoms with Gasteiger partial charge < -0.3 is 10.1 Å². The highest BCUT2D eigenvalue weighted by atomic mass is 16.5. The van der Waals surface area contributed by atoms with Gasteiger partial charge in [-0.05, 0) is 66.5 Å². The van der Waals surface area contributed by atoms with Gasteiger partial charge in [-0.2, -0.15) is 0 Å². The van der Waals surface area contributed by atoms with E-state index in [1.165, 1.54) is 32.4 Å². The monoisotopic (exact) mass is 268 g/mol. The molecule has 2 aliphatic rings. The lowest BCUT2D eigenvalue weighted by Crippen LogP contribution is -2.54. The second-order valence-corrected chi connectivity index (χ2v) is 7.47. The van der Waals surface area contributed by atoms with Gasteiger partial charge >= 0.3 is 0 Å². The largest absolute Gasteiger partial charge is 0.368 e. The van der Waals surface area contributed by atoms with Crippen LogP contribution in [0.3, 0.4) is 0 Å². The number of hydrogen-bond donors (Lipinski definition) is 1. The average molecular weight is 268 g/mol. The first-order valence-corrected chi connectivity index (χ1v) is 8.02. The Balaban J connectivity index is 1.97. The lowest BCUT2D eigenvalue weighted by atomic mass is 9.90. The van der Waals surface area contributed by atoms with Gasteiger partial charge in [0.15, 0.2) is 0 Å². The molecule has 2 atom stereocenters. The minimum absolute atomic E-state index is 0.0177. The van der Waals surface area contributed by atoms with Crippen molar-refractivity contribution in [1.29, 1.82) is 0 Å². The topological polar surface area (TPSA) is 24.5 Å². The van der Waals surface area contributed by atoms with Crippen LogP contribution in [0.5, 0.6) is 0 Å². The molecule has 19 heavy (non-hydrogen) atoms. The zero-order valence-corrected chi connectivity index (χ0v) is 13.5. The molecular weight excluding hydrogens is 236 g/mol. The zero-order chi connectivity index (χ0) is 14.1. The van der Waals surface area contributed by atoms with Crippen molar-refractivity contribution in [2.75, 3.05) is 19.6 Å². The van der Waals surface area contributed by atoms with Gasteiger partial charge in [-0.3, -0.25) is 4.90 Å². The number of nitrogens with zero attached hydrogens (tertiary/aromatic N) is 1. The minimum atomic E-state index is -0.0177. The summed E-state index contributed by atoms with van der Waals surface area (Å²) in [5.41, 5.74) is 0.00804. The van der Waals surface area contributed by atoms with Crippen molar-refractivity contribution in [3.05, 3.63) is 0 Å². The molecule has 2 heterocycles. The Hall–Kier alpha value is -0.120. The van der Waals surface area contributed by atoms with Gasteiger partial charge in [-0.25, -0.2) is 0 Å². The van der Waals surface area contributed by atoms with Crippen LogP contribution in [0.1, 0.15) is 60.3 Å². The van der Waals surface area contributed by atoms with Crippen molar-refractivity contribution in [2.24, 2.45) is 0 Å². The molecule has 112 valence electrons. The molecule has 0 amide bonds. The summed E-state index contributed by atoms with van der Waals surface area (Å²) in [6.45, 7) is 14.8. The second kappa shape index (κ2) is 5.71. The lowest BCUT2D eigenvalue weighted by molar-refractivity contribution is -0.0825. The van der Waals surface area contributed by atoms with E-state index in [4.69, 9.17) is 4.74 Å². The molecule has 0 aliphatic carbocycles. The van der Waals surface area contributed by atoms with E-state index in [-0.39, 0.29) is 11.2 Å². The van der Waals surface area contributed by atoms with Gasteiger partial charge in [-0.15, -0.1) is 0 Å². The van der Waals surface area contributed by atoms with Crippen molar-refractivity contribution >= 4 is 0 Å². The van der Waals surface area contributed by atoms with Crippen LogP contribution in [0.4, 0.5) is 0 Å². The molecule has 2 aliphatic heterocycles.